The van der Waals surface area contributed by atoms with Crippen LogP contribution in [0.15, 0.2) is 41.4 Å². The third kappa shape index (κ3) is 60.0. The van der Waals surface area contributed by atoms with Crippen molar-refractivity contribution in [3.05, 3.63) is 36.5 Å². The molecule has 0 saturated carbocycles. The van der Waals surface area contributed by atoms with Crippen molar-refractivity contribution < 1.29 is 52.4 Å². The Morgan fingerprint density at radius 1 is 0.400 bits per heavy atom. The van der Waals surface area contributed by atoms with E-state index in [9.17, 15) is 14.4 Å². The van der Waals surface area contributed by atoms with Gasteiger partial charge >= 0.3 is 5.97 Å². The van der Waals surface area contributed by atoms with E-state index < -0.39 is 23.2 Å². The number of aliphatic imine (C=N–C) groups is 1. The number of allylic oxidation sites excluding steroid dienone is 6. The largest absolute Gasteiger partial charge is 0.483 e. The monoisotopic (exact) mass is 1270 g/mol. The molecule has 1 aliphatic heterocycles. The molecule has 15 nitrogen and oxygen atoms in total. The second-order valence-electron chi connectivity index (χ2n) is 25.3. The number of hydrogen-bond donors (Lipinski definition) is 2. The van der Waals surface area contributed by atoms with Gasteiger partial charge in [0.1, 0.15) is 0 Å². The summed E-state index contributed by atoms with van der Waals surface area (Å²) in [6, 6.07) is 0. The van der Waals surface area contributed by atoms with Gasteiger partial charge in [-0.15, -0.1) is 5.06 Å². The molecule has 15 heteroatoms. The summed E-state index contributed by atoms with van der Waals surface area (Å²) in [5, 5.41) is 7.36. The number of carbonyl (C=O) groups excluding carboxylic acids is 3. The van der Waals surface area contributed by atoms with Crippen LogP contribution in [0.5, 0.6) is 0 Å². The second kappa shape index (κ2) is 70.3. The van der Waals surface area contributed by atoms with E-state index >= 15 is 0 Å². The van der Waals surface area contributed by atoms with Gasteiger partial charge < -0.3 is 38.0 Å². The molecule has 0 bridgehead atoms. The van der Waals surface area contributed by atoms with Gasteiger partial charge in [-0.2, -0.15) is 0 Å². The van der Waals surface area contributed by atoms with Gasteiger partial charge in [-0.1, -0.05) is 211 Å². The normalized spacial score (nSPS) is 13.2. The first-order chi connectivity index (χ1) is 44.5. The predicted molar refractivity (Wildman–Crippen MR) is 373 cm³/mol. The summed E-state index contributed by atoms with van der Waals surface area (Å²) < 4.78 is 42.7. The standard InChI is InChI=1S/C75H140N4O11/c1-4-7-10-13-16-19-22-25-28-31-34-37-40-43-46-58-87-69-76-55-49-61-83-65-75(68-86-64-54-74(82)90-79-72(80)52-53-73(79)81,66-84-62-50-56-77-70-88-59-47-44-41-38-35-32-29-26-23-20-17-14-11-8-5-2)67-85-63-51-57-78-71-89-60-48-45-42-39-36-33-30-27-24-21-18-15-12-9-6-3/h25-30,69,77-78H,4-24,31-68,70-71H2,1-3H3/b28-25+,29-26+,30-27+,76-69?. The number of hydrogen-bond acceptors (Lipinski definition) is 14. The average Bonchev–Trinajstić information content (AvgIpc) is 2.25. The summed E-state index contributed by atoms with van der Waals surface area (Å²) in [5.41, 5.74) is -0.692. The van der Waals surface area contributed by atoms with Crippen molar-refractivity contribution in [1.82, 2.24) is 15.7 Å². The van der Waals surface area contributed by atoms with Crippen LogP contribution in [0.2, 0.25) is 0 Å². The van der Waals surface area contributed by atoms with Crippen LogP contribution in [0.4, 0.5) is 0 Å². The minimum absolute atomic E-state index is 0.0182. The lowest BCUT2D eigenvalue weighted by Gasteiger charge is -2.33. The Hall–Kier alpha value is -3.02. The molecule has 0 unspecified atom stereocenters. The highest BCUT2D eigenvalue weighted by atomic mass is 16.7. The molecule has 1 saturated heterocycles. The molecule has 0 spiro atoms. The highest BCUT2D eigenvalue weighted by Gasteiger charge is 2.34. The lowest BCUT2D eigenvalue weighted by molar-refractivity contribution is -0.198. The number of hydroxylamine groups is 2. The van der Waals surface area contributed by atoms with Crippen LogP contribution in [0.1, 0.15) is 310 Å². The average molecular weight is 1270 g/mol. The second-order valence-corrected chi connectivity index (χ2v) is 25.3. The summed E-state index contributed by atoms with van der Waals surface area (Å²) in [7, 11) is 0. The Bertz CT molecular complexity index is 1590. The van der Waals surface area contributed by atoms with Crippen LogP contribution < -0.4 is 10.6 Å². The number of amides is 2. The van der Waals surface area contributed by atoms with Gasteiger partial charge in [0.05, 0.1) is 64.9 Å². The molecule has 90 heavy (non-hydrogen) atoms. The van der Waals surface area contributed by atoms with E-state index in [1.165, 1.54) is 231 Å². The fourth-order valence-electron chi connectivity index (χ4n) is 10.6. The Morgan fingerprint density at radius 2 is 0.722 bits per heavy atom. The molecule has 1 rings (SSSR count). The number of nitrogens with one attached hydrogen (secondary N) is 2. The fourth-order valence-corrected chi connectivity index (χ4v) is 10.6. The zero-order valence-corrected chi connectivity index (χ0v) is 58.6. The van der Waals surface area contributed by atoms with Gasteiger partial charge in [-0.25, -0.2) is 4.79 Å². The number of unbranched alkanes of at least 4 members (excludes halogenated alkanes) is 33. The first-order valence-corrected chi connectivity index (χ1v) is 37.5. The van der Waals surface area contributed by atoms with Crippen molar-refractivity contribution in [3.8, 4) is 0 Å². The molecule has 1 aliphatic rings. The van der Waals surface area contributed by atoms with Crippen molar-refractivity contribution in [2.24, 2.45) is 10.4 Å². The molecule has 2 N–H and O–H groups in total. The maximum atomic E-state index is 12.7. The maximum absolute atomic E-state index is 12.7. The first kappa shape index (κ1) is 85.0. The van der Waals surface area contributed by atoms with Gasteiger partial charge in [-0.05, 0) is 129 Å². The van der Waals surface area contributed by atoms with Crippen molar-refractivity contribution >= 4 is 24.2 Å². The van der Waals surface area contributed by atoms with Crippen LogP contribution in [0.3, 0.4) is 0 Å². The van der Waals surface area contributed by atoms with Crippen LogP contribution in [-0.2, 0) is 52.4 Å². The zero-order valence-electron chi connectivity index (χ0n) is 58.6. The van der Waals surface area contributed by atoms with Gasteiger partial charge in [0.25, 0.3) is 11.8 Å². The van der Waals surface area contributed by atoms with Gasteiger partial charge in [0.2, 0.25) is 0 Å². The number of imide groups is 1. The lowest BCUT2D eigenvalue weighted by Crippen LogP contribution is -2.42. The molecule has 0 atom stereocenters. The molecule has 1 fully saturated rings. The molecule has 0 aromatic rings. The highest BCUT2D eigenvalue weighted by molar-refractivity contribution is 6.01. The zero-order chi connectivity index (χ0) is 64.7. The SMILES string of the molecule is CCCCCCCC/C=C/CCCCCCCOC=NCCCOCC(COCCCNCOCCCCCCC/C=C/CCCCCCCC)(COCCCNCOCCCCCCC/C=C/CCCCCCCC)COCCC(=O)ON1C(=O)CCC1=O. The van der Waals surface area contributed by atoms with E-state index in [4.69, 9.17) is 38.0 Å². The molecule has 1 heterocycles. The third-order valence-corrected chi connectivity index (χ3v) is 16.3. The maximum Gasteiger partial charge on any atom is 0.335 e. The van der Waals surface area contributed by atoms with Gasteiger partial charge in [0, 0.05) is 52.4 Å². The van der Waals surface area contributed by atoms with Crippen LogP contribution >= 0.6 is 0 Å². The smallest absolute Gasteiger partial charge is 0.335 e. The van der Waals surface area contributed by atoms with Crippen molar-refractivity contribution in [1.29, 1.82) is 0 Å². The molecule has 526 valence electrons. The van der Waals surface area contributed by atoms with Crippen LogP contribution in [-0.4, -0.2) is 135 Å². The molecule has 0 aromatic heterocycles. The number of nitrogens with zero attached hydrogens (tertiary/aromatic N) is 2. The summed E-state index contributed by atoms with van der Waals surface area (Å²) in [6.07, 6.45) is 67.9. The van der Waals surface area contributed by atoms with E-state index in [2.05, 4.69) is 72.9 Å². The van der Waals surface area contributed by atoms with Gasteiger partial charge in [0.15, 0.2) is 6.40 Å². The Labute approximate surface area is 552 Å². The van der Waals surface area contributed by atoms with Crippen molar-refractivity contribution in [2.75, 3.05) is 106 Å². The Balaban J connectivity index is 2.59. The Kier molecular flexibility index (Phi) is 66.4. The Morgan fingerprint density at radius 3 is 1.11 bits per heavy atom. The lowest BCUT2D eigenvalue weighted by atomic mass is 9.92. The third-order valence-electron chi connectivity index (χ3n) is 16.3. The van der Waals surface area contributed by atoms with Crippen molar-refractivity contribution in [3.63, 3.8) is 0 Å². The first-order valence-electron chi connectivity index (χ1n) is 37.5. The van der Waals surface area contributed by atoms with E-state index in [1.807, 2.05) is 0 Å². The minimum atomic E-state index is -0.710. The molecular formula is C75H140N4O11. The topological polar surface area (TPSA) is 165 Å². The summed E-state index contributed by atoms with van der Waals surface area (Å²) in [6.45, 7) is 14.8. The highest BCUT2D eigenvalue weighted by Crippen LogP contribution is 2.23. The quantitative estimate of drug-likeness (QED) is 0.0148. The summed E-state index contributed by atoms with van der Waals surface area (Å²) in [5.74, 6) is -1.74. The molecule has 2 amide bonds. The minimum Gasteiger partial charge on any atom is -0.483 e. The fraction of sp³-hybridized carbons (Fsp3) is 0.867. The van der Waals surface area contributed by atoms with E-state index in [-0.39, 0.29) is 32.5 Å². The molecular weight excluding hydrogens is 1130 g/mol. The van der Waals surface area contributed by atoms with E-state index in [1.54, 1.807) is 6.40 Å². The number of rotatable bonds is 74. The van der Waals surface area contributed by atoms with Crippen LogP contribution in [0.25, 0.3) is 0 Å². The van der Waals surface area contributed by atoms with E-state index in [0.717, 1.165) is 58.4 Å². The number of ether oxygens (including phenoxy) is 7. The molecule has 0 aromatic carbocycles. The molecule has 0 aliphatic carbocycles. The summed E-state index contributed by atoms with van der Waals surface area (Å²) in [4.78, 5) is 46.4. The number of carbonyl (C=O) groups is 3. The van der Waals surface area contributed by atoms with E-state index in [0.29, 0.717) is 77.7 Å². The molecule has 0 radical (unpaired) electrons. The van der Waals surface area contributed by atoms with Crippen molar-refractivity contribution in [2.45, 2.75) is 310 Å². The summed E-state index contributed by atoms with van der Waals surface area (Å²) >= 11 is 0. The predicted octanol–water partition coefficient (Wildman–Crippen LogP) is 18.3. The van der Waals surface area contributed by atoms with Crippen LogP contribution in [0, 0.1) is 5.41 Å². The van der Waals surface area contributed by atoms with Gasteiger partial charge in [-0.3, -0.25) is 25.2 Å².